The Morgan fingerprint density at radius 2 is 1.80 bits per heavy atom. The number of likely N-dealkylation sites (tertiary alicyclic amines) is 1. The first kappa shape index (κ1) is 23.1. The van der Waals surface area contributed by atoms with E-state index in [9.17, 15) is 4.79 Å². The highest BCUT2D eigenvalue weighted by Crippen LogP contribution is 2.30. The zero-order valence-corrected chi connectivity index (χ0v) is 20.1. The van der Waals surface area contributed by atoms with E-state index in [1.54, 1.807) is 7.11 Å². The molecule has 2 amide bonds. The molecule has 1 aliphatic rings. The lowest BCUT2D eigenvalue weighted by Crippen LogP contribution is -2.42. The third-order valence-corrected chi connectivity index (χ3v) is 6.61. The van der Waals surface area contributed by atoms with Crippen molar-refractivity contribution in [2.24, 2.45) is 0 Å². The molecule has 7 nitrogen and oxygen atoms in total. The summed E-state index contributed by atoms with van der Waals surface area (Å²) in [6.45, 7) is 5.19. The molecule has 35 heavy (non-hydrogen) atoms. The molecule has 4 aromatic rings. The van der Waals surface area contributed by atoms with Crippen molar-refractivity contribution in [1.82, 2.24) is 19.6 Å². The molecular weight excluding hydrogens is 438 g/mol. The smallest absolute Gasteiger partial charge is 0.320 e. The van der Waals surface area contributed by atoms with Crippen LogP contribution in [-0.4, -0.2) is 59.7 Å². The number of benzene rings is 2. The third kappa shape index (κ3) is 5.06. The van der Waals surface area contributed by atoms with Crippen molar-refractivity contribution in [2.45, 2.75) is 18.9 Å². The van der Waals surface area contributed by atoms with Gasteiger partial charge in [0.2, 0.25) is 0 Å². The van der Waals surface area contributed by atoms with Crippen molar-refractivity contribution in [2.75, 3.05) is 38.7 Å². The number of carbonyl (C=O) groups excluding carboxylic acids is 1. The first-order valence-corrected chi connectivity index (χ1v) is 12.0. The zero-order chi connectivity index (χ0) is 24.2. The minimum atomic E-state index is -0.232. The van der Waals surface area contributed by atoms with Gasteiger partial charge < -0.3 is 10.1 Å². The number of fused-ring (bicyclic) bond motifs is 1. The number of carbonyl (C=O) groups is 1. The average Bonchev–Trinajstić information content (AvgIpc) is 3.44. The molecule has 2 aromatic carbocycles. The molecule has 1 aliphatic heterocycles. The molecule has 1 saturated heterocycles. The summed E-state index contributed by atoms with van der Waals surface area (Å²) in [5.41, 5.74) is 4.85. The first-order chi connectivity index (χ1) is 17.1. The van der Waals surface area contributed by atoms with Crippen LogP contribution in [0.5, 0.6) is 0 Å². The normalized spacial score (nSPS) is 18.1. The highest BCUT2D eigenvalue weighted by Gasteiger charge is 2.34. The van der Waals surface area contributed by atoms with Gasteiger partial charge in [-0.2, -0.15) is 0 Å². The van der Waals surface area contributed by atoms with Gasteiger partial charge in [-0.15, -0.1) is 0 Å². The fraction of sp³-hybridized carbons (Fsp3) is 0.286. The van der Waals surface area contributed by atoms with Crippen molar-refractivity contribution in [3.05, 3.63) is 90.1 Å². The van der Waals surface area contributed by atoms with E-state index in [-0.39, 0.29) is 18.0 Å². The van der Waals surface area contributed by atoms with E-state index in [0.717, 1.165) is 42.1 Å². The number of ether oxygens (including phenoxy) is 1. The van der Waals surface area contributed by atoms with Gasteiger partial charge in [0.15, 0.2) is 0 Å². The maximum atomic E-state index is 13.4. The van der Waals surface area contributed by atoms with Crippen molar-refractivity contribution >= 4 is 17.5 Å². The predicted octanol–water partition coefficient (Wildman–Crippen LogP) is 4.55. The van der Waals surface area contributed by atoms with Crippen LogP contribution in [0.4, 0.5) is 10.6 Å². The van der Waals surface area contributed by atoms with Crippen LogP contribution in [-0.2, 0) is 4.74 Å². The van der Waals surface area contributed by atoms with E-state index >= 15 is 0 Å². The van der Waals surface area contributed by atoms with E-state index in [1.165, 1.54) is 5.56 Å². The van der Waals surface area contributed by atoms with Crippen molar-refractivity contribution in [3.63, 3.8) is 0 Å². The molecular formula is C28H31N5O2. The first-order valence-electron chi connectivity index (χ1n) is 12.0. The second kappa shape index (κ2) is 10.3. The summed E-state index contributed by atoms with van der Waals surface area (Å²) >= 11 is 0. The Balaban J connectivity index is 1.40. The van der Waals surface area contributed by atoms with Gasteiger partial charge in [-0.05, 0) is 30.2 Å². The Bertz CT molecular complexity index is 1290. The summed E-state index contributed by atoms with van der Waals surface area (Å²) in [4.78, 5) is 20.5. The molecule has 2 atom stereocenters. The lowest BCUT2D eigenvalue weighted by molar-refractivity contribution is 0.159. The van der Waals surface area contributed by atoms with Gasteiger partial charge in [-0.1, -0.05) is 60.7 Å². The minimum absolute atomic E-state index is 0.0177. The molecule has 2 unspecified atom stereocenters. The van der Waals surface area contributed by atoms with Gasteiger partial charge in [0, 0.05) is 44.4 Å². The quantitative estimate of drug-likeness (QED) is 0.417. The van der Waals surface area contributed by atoms with E-state index in [2.05, 4.69) is 39.8 Å². The van der Waals surface area contributed by atoms with E-state index < -0.39 is 0 Å². The molecule has 180 valence electrons. The fourth-order valence-corrected chi connectivity index (χ4v) is 4.85. The predicted molar refractivity (Wildman–Crippen MR) is 139 cm³/mol. The number of pyridine rings is 1. The average molecular weight is 470 g/mol. The molecule has 0 radical (unpaired) electrons. The van der Waals surface area contributed by atoms with Crippen molar-refractivity contribution < 1.29 is 9.53 Å². The van der Waals surface area contributed by atoms with E-state index in [0.29, 0.717) is 12.4 Å². The summed E-state index contributed by atoms with van der Waals surface area (Å²) in [7, 11) is 1.72. The number of nitrogens with one attached hydrogen (secondary N) is 2. The van der Waals surface area contributed by atoms with E-state index in [4.69, 9.17) is 9.72 Å². The number of urea groups is 1. The summed E-state index contributed by atoms with van der Waals surface area (Å²) in [5, 5.41) is 6.37. The van der Waals surface area contributed by atoms with Gasteiger partial charge in [0.1, 0.15) is 17.2 Å². The van der Waals surface area contributed by atoms with Gasteiger partial charge in [-0.25, -0.2) is 9.78 Å². The van der Waals surface area contributed by atoms with Crippen LogP contribution < -0.4 is 10.6 Å². The van der Waals surface area contributed by atoms with E-state index in [1.807, 2.05) is 66.1 Å². The Hall–Kier alpha value is -3.68. The number of amides is 2. The molecule has 5 rings (SSSR count). The maximum absolute atomic E-state index is 13.4. The number of anilines is 1. The highest BCUT2D eigenvalue weighted by atomic mass is 16.5. The van der Waals surface area contributed by atoms with Gasteiger partial charge >= 0.3 is 6.03 Å². The summed E-state index contributed by atoms with van der Waals surface area (Å²) < 4.78 is 7.22. The number of rotatable bonds is 7. The van der Waals surface area contributed by atoms with Crippen molar-refractivity contribution in [1.29, 1.82) is 0 Å². The standard InChI is InChI=1S/C28H31N5O2/c1-20-13-14-33-25(17-20)30-26(22-11-7-4-8-12-22)27(33)31-28(34)29-24-19-32(15-16-35-2)18-23(24)21-9-5-3-6-10-21/h3-14,17,23-24H,15-16,18-19H2,1-2H3,(H2,29,31,34). The fourth-order valence-electron chi connectivity index (χ4n) is 4.85. The number of methoxy groups -OCH3 is 1. The Morgan fingerprint density at radius 3 is 2.54 bits per heavy atom. The largest absolute Gasteiger partial charge is 0.383 e. The van der Waals surface area contributed by atoms with Crippen LogP contribution in [0.25, 0.3) is 16.9 Å². The van der Waals surface area contributed by atoms with Crippen LogP contribution in [0.3, 0.4) is 0 Å². The minimum Gasteiger partial charge on any atom is -0.383 e. The van der Waals surface area contributed by atoms with Gasteiger partial charge in [0.05, 0.1) is 12.6 Å². The van der Waals surface area contributed by atoms with Crippen LogP contribution >= 0.6 is 0 Å². The number of aryl methyl sites for hydroxylation is 1. The lowest BCUT2D eigenvalue weighted by Gasteiger charge is -2.21. The van der Waals surface area contributed by atoms with Crippen LogP contribution in [0.2, 0.25) is 0 Å². The molecule has 3 heterocycles. The second-order valence-electron chi connectivity index (χ2n) is 9.08. The number of nitrogens with zero attached hydrogens (tertiary/aromatic N) is 3. The lowest BCUT2D eigenvalue weighted by atomic mass is 9.94. The highest BCUT2D eigenvalue weighted by molar-refractivity contribution is 5.93. The molecule has 2 aromatic heterocycles. The number of imidazole rings is 1. The SMILES string of the molecule is COCCN1CC(NC(=O)Nc2c(-c3ccccc3)nc3cc(C)ccn23)C(c2ccccc2)C1. The monoisotopic (exact) mass is 469 g/mol. The molecule has 0 spiro atoms. The molecule has 0 bridgehead atoms. The van der Waals surface area contributed by atoms with Crippen LogP contribution in [0, 0.1) is 6.92 Å². The molecule has 0 saturated carbocycles. The second-order valence-corrected chi connectivity index (χ2v) is 9.08. The zero-order valence-electron chi connectivity index (χ0n) is 20.1. The maximum Gasteiger partial charge on any atom is 0.320 e. The summed E-state index contributed by atoms with van der Waals surface area (Å²) in [5.74, 6) is 0.867. The summed E-state index contributed by atoms with van der Waals surface area (Å²) in [6.07, 6.45) is 1.95. The molecule has 7 heteroatoms. The molecule has 1 fully saturated rings. The van der Waals surface area contributed by atoms with Crippen LogP contribution in [0.15, 0.2) is 79.0 Å². The van der Waals surface area contributed by atoms with Crippen LogP contribution in [0.1, 0.15) is 17.0 Å². The third-order valence-electron chi connectivity index (χ3n) is 6.61. The molecule has 0 aliphatic carbocycles. The number of aromatic nitrogens is 2. The van der Waals surface area contributed by atoms with Crippen molar-refractivity contribution in [3.8, 4) is 11.3 Å². The molecule has 2 N–H and O–H groups in total. The van der Waals surface area contributed by atoms with Gasteiger partial charge in [0.25, 0.3) is 0 Å². The topological polar surface area (TPSA) is 70.9 Å². The number of hydrogen-bond donors (Lipinski definition) is 2. The number of hydrogen-bond acceptors (Lipinski definition) is 4. The Morgan fingerprint density at radius 1 is 1.06 bits per heavy atom. The summed E-state index contributed by atoms with van der Waals surface area (Å²) in [6, 6.07) is 24.1. The Labute approximate surface area is 205 Å². The van der Waals surface area contributed by atoms with Gasteiger partial charge in [-0.3, -0.25) is 14.6 Å². The Kier molecular flexibility index (Phi) is 6.79.